The molecule has 0 radical (unpaired) electrons. The van der Waals surface area contributed by atoms with Gasteiger partial charge in [0.2, 0.25) is 11.7 Å². The summed E-state index contributed by atoms with van der Waals surface area (Å²) in [4.78, 5) is 18.7. The first-order chi connectivity index (χ1) is 13.2. The van der Waals surface area contributed by atoms with E-state index in [4.69, 9.17) is 18.1 Å². The van der Waals surface area contributed by atoms with Gasteiger partial charge in [-0.25, -0.2) is 0 Å². The second kappa shape index (κ2) is 6.01. The van der Waals surface area contributed by atoms with Crippen molar-refractivity contribution in [3.8, 4) is 17.3 Å². The Bertz CT molecular complexity index is 1110. The fraction of sp³-hybridized carbons (Fsp3) is 0.211. The summed E-state index contributed by atoms with van der Waals surface area (Å²) in [5, 5.41) is 4.75. The van der Waals surface area contributed by atoms with Gasteiger partial charge in [-0.1, -0.05) is 17.3 Å². The van der Waals surface area contributed by atoms with Crippen LogP contribution in [0.2, 0.25) is 0 Å². The van der Waals surface area contributed by atoms with Crippen LogP contribution in [0.15, 0.2) is 56.0 Å². The Hall–Kier alpha value is -3.55. The zero-order valence-electron chi connectivity index (χ0n) is 14.4. The second-order valence-corrected chi connectivity index (χ2v) is 6.33. The molecule has 1 fully saturated rings. The third-order valence-electron chi connectivity index (χ3n) is 4.64. The lowest BCUT2D eigenvalue weighted by atomic mass is 10.00. The number of rotatable bonds is 4. The van der Waals surface area contributed by atoms with Crippen LogP contribution in [-0.2, 0) is 0 Å². The summed E-state index contributed by atoms with van der Waals surface area (Å²) in [5.74, 6) is 2.17. The minimum Gasteiger partial charge on any atom is -0.493 e. The molecule has 1 aromatic carbocycles. The number of fused-ring (bicyclic) bond motifs is 1. The molecule has 1 saturated heterocycles. The first kappa shape index (κ1) is 15.7. The SMILES string of the molecule is COc1cccc2cc(C(=O)N3CC(c4nc(-c5ccco5)no4)C3)oc12. The maximum Gasteiger partial charge on any atom is 0.289 e. The molecule has 1 aliphatic rings. The molecule has 0 atom stereocenters. The van der Waals surface area contributed by atoms with Gasteiger partial charge in [0.25, 0.3) is 5.91 Å². The fourth-order valence-corrected chi connectivity index (χ4v) is 3.17. The number of carbonyl (C=O) groups excluding carboxylic acids is 1. The number of likely N-dealkylation sites (tertiary alicyclic amines) is 1. The van der Waals surface area contributed by atoms with Crippen LogP contribution in [-0.4, -0.2) is 41.1 Å². The molecule has 4 aromatic rings. The maximum atomic E-state index is 12.7. The molecule has 4 heterocycles. The number of furan rings is 2. The van der Waals surface area contributed by atoms with Crippen molar-refractivity contribution in [1.29, 1.82) is 0 Å². The molecule has 0 bridgehead atoms. The number of benzene rings is 1. The average molecular weight is 365 g/mol. The largest absolute Gasteiger partial charge is 0.493 e. The first-order valence-electron chi connectivity index (χ1n) is 8.46. The van der Waals surface area contributed by atoms with Crippen LogP contribution >= 0.6 is 0 Å². The highest BCUT2D eigenvalue weighted by molar-refractivity contribution is 5.97. The van der Waals surface area contributed by atoms with Crippen LogP contribution in [0, 0.1) is 0 Å². The van der Waals surface area contributed by atoms with Gasteiger partial charge in [-0.3, -0.25) is 4.79 Å². The lowest BCUT2D eigenvalue weighted by Crippen LogP contribution is -2.48. The number of ether oxygens (including phenoxy) is 1. The zero-order valence-corrected chi connectivity index (χ0v) is 14.4. The van der Waals surface area contributed by atoms with Gasteiger partial charge in [0.15, 0.2) is 22.9 Å². The summed E-state index contributed by atoms with van der Waals surface area (Å²) < 4.78 is 21.6. The second-order valence-electron chi connectivity index (χ2n) is 6.33. The van der Waals surface area contributed by atoms with Gasteiger partial charge in [-0.15, -0.1) is 0 Å². The van der Waals surface area contributed by atoms with Crippen molar-refractivity contribution >= 4 is 16.9 Å². The van der Waals surface area contributed by atoms with Crippen LogP contribution in [0.1, 0.15) is 22.4 Å². The number of hydrogen-bond acceptors (Lipinski definition) is 7. The van der Waals surface area contributed by atoms with E-state index >= 15 is 0 Å². The summed E-state index contributed by atoms with van der Waals surface area (Å²) >= 11 is 0. The third-order valence-corrected chi connectivity index (χ3v) is 4.64. The van der Waals surface area contributed by atoms with Gasteiger partial charge < -0.3 is 23.0 Å². The lowest BCUT2D eigenvalue weighted by Gasteiger charge is -2.36. The van der Waals surface area contributed by atoms with Crippen molar-refractivity contribution in [2.45, 2.75) is 5.92 Å². The van der Waals surface area contributed by atoms with Crippen LogP contribution in [0.5, 0.6) is 5.75 Å². The molecule has 0 aliphatic carbocycles. The number of hydrogen-bond donors (Lipinski definition) is 0. The Morgan fingerprint density at radius 2 is 2.15 bits per heavy atom. The van der Waals surface area contributed by atoms with Crippen molar-refractivity contribution in [3.05, 3.63) is 54.3 Å². The number of nitrogens with zero attached hydrogens (tertiary/aromatic N) is 3. The molecule has 8 nitrogen and oxygen atoms in total. The Morgan fingerprint density at radius 1 is 1.26 bits per heavy atom. The summed E-state index contributed by atoms with van der Waals surface area (Å²) in [6.07, 6.45) is 1.55. The molecule has 0 spiro atoms. The molecule has 1 amide bonds. The van der Waals surface area contributed by atoms with Gasteiger partial charge in [0.1, 0.15) is 0 Å². The summed E-state index contributed by atoms with van der Waals surface area (Å²) in [5.41, 5.74) is 0.570. The predicted octanol–water partition coefficient (Wildman–Crippen LogP) is 3.32. The number of para-hydroxylation sites is 1. The quantitative estimate of drug-likeness (QED) is 0.547. The predicted molar refractivity (Wildman–Crippen MR) is 93.4 cm³/mol. The monoisotopic (exact) mass is 365 g/mol. The van der Waals surface area contributed by atoms with Crippen LogP contribution in [0.3, 0.4) is 0 Å². The number of aromatic nitrogens is 2. The molecule has 8 heteroatoms. The molecule has 3 aromatic heterocycles. The van der Waals surface area contributed by atoms with Gasteiger partial charge >= 0.3 is 0 Å². The first-order valence-corrected chi connectivity index (χ1v) is 8.46. The number of methoxy groups -OCH3 is 1. The van der Waals surface area contributed by atoms with Crippen molar-refractivity contribution < 1.29 is 22.9 Å². The van der Waals surface area contributed by atoms with E-state index in [0.717, 1.165) is 5.39 Å². The van der Waals surface area contributed by atoms with E-state index in [1.807, 2.05) is 12.1 Å². The molecule has 27 heavy (non-hydrogen) atoms. The van der Waals surface area contributed by atoms with Crippen molar-refractivity contribution in [3.63, 3.8) is 0 Å². The lowest BCUT2D eigenvalue weighted by molar-refractivity contribution is 0.0539. The smallest absolute Gasteiger partial charge is 0.289 e. The molecule has 0 saturated carbocycles. The van der Waals surface area contributed by atoms with Gasteiger partial charge in [-0.2, -0.15) is 4.98 Å². The van der Waals surface area contributed by atoms with Gasteiger partial charge in [-0.05, 0) is 24.3 Å². The summed E-state index contributed by atoms with van der Waals surface area (Å²) in [6, 6.07) is 10.8. The van der Waals surface area contributed by atoms with Crippen molar-refractivity contribution in [2.75, 3.05) is 20.2 Å². The van der Waals surface area contributed by atoms with Crippen LogP contribution in [0.4, 0.5) is 0 Å². The van der Waals surface area contributed by atoms with Gasteiger partial charge in [0.05, 0.1) is 19.3 Å². The highest BCUT2D eigenvalue weighted by Gasteiger charge is 2.37. The minimum absolute atomic E-state index is 0.00377. The molecule has 5 rings (SSSR count). The van der Waals surface area contributed by atoms with E-state index in [9.17, 15) is 4.79 Å². The Labute approximate surface area is 153 Å². The van der Waals surface area contributed by atoms with Crippen LogP contribution < -0.4 is 4.74 Å². The van der Waals surface area contributed by atoms with E-state index in [2.05, 4.69) is 10.1 Å². The fourth-order valence-electron chi connectivity index (χ4n) is 3.17. The Kier molecular flexibility index (Phi) is 3.49. The van der Waals surface area contributed by atoms with E-state index in [1.54, 1.807) is 42.5 Å². The number of amides is 1. The average Bonchev–Trinajstić information content (AvgIpc) is 3.38. The van der Waals surface area contributed by atoms with E-state index in [-0.39, 0.29) is 17.6 Å². The van der Waals surface area contributed by atoms with Gasteiger partial charge in [0, 0.05) is 18.5 Å². The zero-order chi connectivity index (χ0) is 18.4. The van der Waals surface area contributed by atoms with Crippen molar-refractivity contribution in [1.82, 2.24) is 15.0 Å². The Morgan fingerprint density at radius 3 is 2.93 bits per heavy atom. The molecular weight excluding hydrogens is 350 g/mol. The highest BCUT2D eigenvalue weighted by atomic mass is 16.5. The summed E-state index contributed by atoms with van der Waals surface area (Å²) in [6.45, 7) is 0.986. The molecule has 0 N–H and O–H groups in total. The third kappa shape index (κ3) is 2.57. The van der Waals surface area contributed by atoms with E-state index in [1.165, 1.54) is 0 Å². The van der Waals surface area contributed by atoms with Crippen molar-refractivity contribution in [2.24, 2.45) is 0 Å². The molecule has 0 unspecified atom stereocenters. The minimum atomic E-state index is -0.171. The standard InChI is InChI=1S/C19H15N3O5/c1-24-13-5-2-4-11-8-15(26-16(11)13)19(23)22-9-12(10-22)18-20-17(21-27-18)14-6-3-7-25-14/h2-8,12H,9-10H2,1H3. The van der Waals surface area contributed by atoms with E-state index < -0.39 is 0 Å². The summed E-state index contributed by atoms with van der Waals surface area (Å²) in [7, 11) is 1.57. The molecule has 136 valence electrons. The molecular formula is C19H15N3O5. The normalized spacial score (nSPS) is 14.5. The topological polar surface area (TPSA) is 94.7 Å². The van der Waals surface area contributed by atoms with Crippen LogP contribution in [0.25, 0.3) is 22.6 Å². The Balaban J connectivity index is 1.30. The molecule has 1 aliphatic heterocycles. The maximum absolute atomic E-state index is 12.7. The van der Waals surface area contributed by atoms with E-state index in [0.29, 0.717) is 41.9 Å². The highest BCUT2D eigenvalue weighted by Crippen LogP contribution is 2.32. The number of carbonyl (C=O) groups is 1.